The van der Waals surface area contributed by atoms with Gasteiger partial charge in [0.05, 0.1) is 11.7 Å². The first-order valence-electron chi connectivity index (χ1n) is 5.91. The fraction of sp³-hybridized carbons (Fsp3) is 0.385. The van der Waals surface area contributed by atoms with E-state index >= 15 is 0 Å². The van der Waals surface area contributed by atoms with Crippen LogP contribution < -0.4 is 5.32 Å². The number of ketones is 1. The summed E-state index contributed by atoms with van der Waals surface area (Å²) in [5.41, 5.74) is 1.85. The van der Waals surface area contributed by atoms with E-state index in [4.69, 9.17) is 0 Å². The number of fused-ring (bicyclic) bond motifs is 1. The summed E-state index contributed by atoms with van der Waals surface area (Å²) in [5, 5.41) is 4.25. The van der Waals surface area contributed by atoms with Gasteiger partial charge in [-0.1, -0.05) is 0 Å². The number of aromatic nitrogens is 2. The minimum Gasteiger partial charge on any atom is -0.349 e. The second kappa shape index (κ2) is 3.96. The van der Waals surface area contributed by atoms with Crippen molar-refractivity contribution in [3.63, 3.8) is 0 Å². The number of hydrogen-bond acceptors (Lipinski definition) is 3. The number of hydrogen-bond donors (Lipinski definition) is 1. The summed E-state index contributed by atoms with van der Waals surface area (Å²) in [6.45, 7) is 1.75. The Balaban J connectivity index is 2.08. The first-order valence-corrected chi connectivity index (χ1v) is 5.91. The van der Waals surface area contributed by atoms with Crippen LogP contribution in [0.15, 0.2) is 24.7 Å². The SMILES string of the molecule is Cn1cc(C(=O)C2CCNC2)c2ccncc21. The van der Waals surface area contributed by atoms with Gasteiger partial charge >= 0.3 is 0 Å². The van der Waals surface area contributed by atoms with Crippen molar-refractivity contribution >= 4 is 16.7 Å². The van der Waals surface area contributed by atoms with Gasteiger partial charge in [-0.05, 0) is 19.0 Å². The second-order valence-electron chi connectivity index (χ2n) is 4.60. The van der Waals surface area contributed by atoms with E-state index in [0.29, 0.717) is 0 Å². The maximum Gasteiger partial charge on any atom is 0.169 e. The minimum atomic E-state index is 0.133. The summed E-state index contributed by atoms with van der Waals surface area (Å²) in [6.07, 6.45) is 6.42. The van der Waals surface area contributed by atoms with Crippen molar-refractivity contribution in [2.45, 2.75) is 6.42 Å². The van der Waals surface area contributed by atoms with Gasteiger partial charge in [-0.3, -0.25) is 9.78 Å². The van der Waals surface area contributed by atoms with Crippen LogP contribution in [-0.4, -0.2) is 28.4 Å². The zero-order valence-electron chi connectivity index (χ0n) is 9.81. The van der Waals surface area contributed by atoms with Crippen molar-refractivity contribution in [1.82, 2.24) is 14.9 Å². The largest absolute Gasteiger partial charge is 0.349 e. The molecule has 0 aliphatic carbocycles. The topological polar surface area (TPSA) is 46.9 Å². The van der Waals surface area contributed by atoms with E-state index < -0.39 is 0 Å². The number of nitrogens with one attached hydrogen (secondary N) is 1. The van der Waals surface area contributed by atoms with Gasteiger partial charge in [0, 0.05) is 42.9 Å². The van der Waals surface area contributed by atoms with Crippen LogP contribution in [0.2, 0.25) is 0 Å². The fourth-order valence-electron chi connectivity index (χ4n) is 2.52. The van der Waals surface area contributed by atoms with Gasteiger partial charge in [0.15, 0.2) is 5.78 Å². The molecule has 1 aliphatic rings. The van der Waals surface area contributed by atoms with E-state index in [9.17, 15) is 4.79 Å². The number of nitrogens with zero attached hydrogens (tertiary/aromatic N) is 2. The van der Waals surface area contributed by atoms with E-state index in [-0.39, 0.29) is 11.7 Å². The van der Waals surface area contributed by atoms with Crippen LogP contribution in [0.5, 0.6) is 0 Å². The van der Waals surface area contributed by atoms with Crippen LogP contribution in [0.4, 0.5) is 0 Å². The number of carbonyl (C=O) groups excluding carboxylic acids is 1. The van der Waals surface area contributed by atoms with E-state index in [1.165, 1.54) is 0 Å². The van der Waals surface area contributed by atoms with Crippen molar-refractivity contribution in [3.8, 4) is 0 Å². The minimum absolute atomic E-state index is 0.133. The zero-order valence-corrected chi connectivity index (χ0v) is 9.81. The smallest absolute Gasteiger partial charge is 0.169 e. The number of Topliss-reactive ketones (excluding diaryl/α,β-unsaturated/α-hetero) is 1. The average molecular weight is 229 g/mol. The molecular weight excluding hydrogens is 214 g/mol. The Hall–Kier alpha value is -1.68. The molecule has 1 atom stereocenters. The van der Waals surface area contributed by atoms with Crippen LogP contribution in [0, 0.1) is 5.92 Å². The molecule has 88 valence electrons. The van der Waals surface area contributed by atoms with E-state index in [1.807, 2.05) is 23.9 Å². The predicted octanol–water partition coefficient (Wildman–Crippen LogP) is 1.37. The fourth-order valence-corrected chi connectivity index (χ4v) is 2.52. The third-order valence-corrected chi connectivity index (χ3v) is 3.49. The molecule has 17 heavy (non-hydrogen) atoms. The third-order valence-electron chi connectivity index (χ3n) is 3.49. The molecule has 2 aromatic rings. The molecule has 4 nitrogen and oxygen atoms in total. The van der Waals surface area contributed by atoms with Crippen molar-refractivity contribution in [2.75, 3.05) is 13.1 Å². The van der Waals surface area contributed by atoms with Gasteiger partial charge in [0.2, 0.25) is 0 Å². The van der Waals surface area contributed by atoms with Crippen molar-refractivity contribution < 1.29 is 4.79 Å². The number of carbonyl (C=O) groups is 1. The van der Waals surface area contributed by atoms with Crippen molar-refractivity contribution in [3.05, 3.63) is 30.2 Å². The molecular formula is C13H15N3O. The quantitative estimate of drug-likeness (QED) is 0.791. The summed E-state index contributed by atoms with van der Waals surface area (Å²) in [5.74, 6) is 0.389. The molecule has 0 bridgehead atoms. The Morgan fingerprint density at radius 1 is 1.59 bits per heavy atom. The lowest BCUT2D eigenvalue weighted by Gasteiger charge is -2.05. The third kappa shape index (κ3) is 1.65. The molecule has 1 fully saturated rings. The van der Waals surface area contributed by atoms with Gasteiger partial charge < -0.3 is 9.88 Å². The Kier molecular flexibility index (Phi) is 2.44. The Morgan fingerprint density at radius 3 is 3.24 bits per heavy atom. The Labute approximate surface area is 99.6 Å². The summed E-state index contributed by atoms with van der Waals surface area (Å²) >= 11 is 0. The van der Waals surface area contributed by atoms with Gasteiger partial charge in [0.25, 0.3) is 0 Å². The highest BCUT2D eigenvalue weighted by atomic mass is 16.1. The van der Waals surface area contributed by atoms with E-state index in [0.717, 1.165) is 36.0 Å². The number of rotatable bonds is 2. The van der Waals surface area contributed by atoms with E-state index in [1.54, 1.807) is 12.4 Å². The molecule has 3 heterocycles. The van der Waals surface area contributed by atoms with Crippen molar-refractivity contribution in [2.24, 2.45) is 13.0 Å². The summed E-state index contributed by atoms with van der Waals surface area (Å²) in [7, 11) is 1.95. The lowest BCUT2D eigenvalue weighted by molar-refractivity contribution is 0.0932. The molecule has 3 rings (SSSR count). The normalized spacial score (nSPS) is 19.9. The highest BCUT2D eigenvalue weighted by Crippen LogP contribution is 2.24. The maximum atomic E-state index is 12.4. The first kappa shape index (κ1) is 10.5. The number of aryl methyl sites for hydroxylation is 1. The molecule has 0 aromatic carbocycles. The lowest BCUT2D eigenvalue weighted by Crippen LogP contribution is -2.17. The van der Waals surface area contributed by atoms with Gasteiger partial charge in [-0.25, -0.2) is 0 Å². The molecule has 0 radical (unpaired) electrons. The lowest BCUT2D eigenvalue weighted by atomic mass is 9.97. The molecule has 0 amide bonds. The summed E-state index contributed by atoms with van der Waals surface area (Å²) in [6, 6.07) is 1.92. The van der Waals surface area contributed by atoms with Gasteiger partial charge in [0.1, 0.15) is 0 Å². The summed E-state index contributed by atoms with van der Waals surface area (Å²) in [4.78, 5) is 16.5. The maximum absolute atomic E-state index is 12.4. The highest BCUT2D eigenvalue weighted by molar-refractivity contribution is 6.09. The molecule has 1 aliphatic heterocycles. The molecule has 0 saturated carbocycles. The molecule has 1 saturated heterocycles. The summed E-state index contributed by atoms with van der Waals surface area (Å²) < 4.78 is 1.97. The second-order valence-corrected chi connectivity index (χ2v) is 4.60. The standard InChI is InChI=1S/C13H15N3O/c1-16-8-11(10-3-5-15-7-12(10)16)13(17)9-2-4-14-6-9/h3,5,7-9,14H,2,4,6H2,1H3. The Morgan fingerprint density at radius 2 is 2.47 bits per heavy atom. The van der Waals surface area contributed by atoms with Gasteiger partial charge in [-0.15, -0.1) is 0 Å². The molecule has 1 unspecified atom stereocenters. The molecule has 2 aromatic heterocycles. The van der Waals surface area contributed by atoms with E-state index in [2.05, 4.69) is 10.3 Å². The monoisotopic (exact) mass is 229 g/mol. The van der Waals surface area contributed by atoms with Crippen LogP contribution in [-0.2, 0) is 7.05 Å². The van der Waals surface area contributed by atoms with Gasteiger partial charge in [-0.2, -0.15) is 0 Å². The number of pyridine rings is 1. The van der Waals surface area contributed by atoms with Crippen LogP contribution in [0.1, 0.15) is 16.8 Å². The average Bonchev–Trinajstić information content (AvgIpc) is 2.97. The Bertz CT molecular complexity index is 567. The molecule has 1 N–H and O–H groups in total. The highest BCUT2D eigenvalue weighted by Gasteiger charge is 2.25. The van der Waals surface area contributed by atoms with Crippen LogP contribution in [0.3, 0.4) is 0 Å². The first-order chi connectivity index (χ1) is 8.27. The van der Waals surface area contributed by atoms with Crippen molar-refractivity contribution in [1.29, 1.82) is 0 Å². The predicted molar refractivity (Wildman–Crippen MR) is 66.0 cm³/mol. The zero-order chi connectivity index (χ0) is 11.8. The van der Waals surface area contributed by atoms with Crippen LogP contribution >= 0.6 is 0 Å². The molecule has 4 heteroatoms. The van der Waals surface area contributed by atoms with Crippen LogP contribution in [0.25, 0.3) is 10.9 Å². The molecule has 0 spiro atoms.